The van der Waals surface area contributed by atoms with E-state index in [1.165, 1.54) is 0 Å². The van der Waals surface area contributed by atoms with Crippen molar-refractivity contribution in [1.82, 2.24) is 20.4 Å². The fourth-order valence-electron chi connectivity index (χ4n) is 2.29. The Bertz CT molecular complexity index is 489. The lowest BCUT2D eigenvalue weighted by Gasteiger charge is -2.06. The maximum absolute atomic E-state index is 5.40. The summed E-state index contributed by atoms with van der Waals surface area (Å²) in [4.78, 5) is 8.50. The Labute approximate surface area is 106 Å². The van der Waals surface area contributed by atoms with E-state index in [2.05, 4.69) is 20.4 Å². The maximum atomic E-state index is 5.40. The number of rotatable bonds is 2. The van der Waals surface area contributed by atoms with Gasteiger partial charge in [0.15, 0.2) is 0 Å². The highest BCUT2D eigenvalue weighted by Gasteiger charge is 2.20. The summed E-state index contributed by atoms with van der Waals surface area (Å²) in [6.45, 7) is 2.11. The summed E-state index contributed by atoms with van der Waals surface area (Å²) in [5.41, 5.74) is 0.951. The van der Waals surface area contributed by atoms with E-state index in [-0.39, 0.29) is 0 Å². The Kier molecular flexibility index (Phi) is 3.32. The van der Waals surface area contributed by atoms with Gasteiger partial charge in [-0.25, -0.2) is 0 Å². The second-order valence-corrected chi connectivity index (χ2v) is 4.57. The second-order valence-electron chi connectivity index (χ2n) is 4.57. The van der Waals surface area contributed by atoms with Crippen LogP contribution in [0.3, 0.4) is 0 Å². The molecule has 3 heterocycles. The van der Waals surface area contributed by atoms with Crippen molar-refractivity contribution in [3.05, 3.63) is 30.4 Å². The van der Waals surface area contributed by atoms with Crippen molar-refractivity contribution in [1.29, 1.82) is 0 Å². The molecule has 18 heavy (non-hydrogen) atoms. The Balaban J connectivity index is 1.80. The van der Waals surface area contributed by atoms with E-state index in [1.54, 1.807) is 12.4 Å². The number of pyridine rings is 1. The van der Waals surface area contributed by atoms with Crippen molar-refractivity contribution in [2.24, 2.45) is 0 Å². The van der Waals surface area contributed by atoms with Gasteiger partial charge in [0.2, 0.25) is 11.7 Å². The van der Waals surface area contributed by atoms with Crippen LogP contribution in [0.15, 0.2) is 29.0 Å². The maximum Gasteiger partial charge on any atom is 0.230 e. The molecule has 0 saturated carbocycles. The van der Waals surface area contributed by atoms with E-state index in [9.17, 15) is 0 Å². The summed E-state index contributed by atoms with van der Waals surface area (Å²) in [6, 6.07) is 3.78. The average molecular weight is 244 g/mol. The average Bonchev–Trinajstić information content (AvgIpc) is 2.76. The number of hydrogen-bond donors (Lipinski definition) is 1. The van der Waals surface area contributed by atoms with Crippen molar-refractivity contribution < 1.29 is 4.52 Å². The molecule has 1 fully saturated rings. The molecular formula is C13H16N4O. The molecule has 0 bridgehead atoms. The molecule has 2 aromatic rings. The topological polar surface area (TPSA) is 63.8 Å². The summed E-state index contributed by atoms with van der Waals surface area (Å²) in [6.07, 6.45) is 6.82. The van der Waals surface area contributed by atoms with Gasteiger partial charge in [-0.1, -0.05) is 5.16 Å². The standard InChI is InChI=1S/C13H16N4O/c1-2-11(5-9-14-6-1)13-16-12(17-18-13)10-3-7-15-8-4-10/h3-4,7-8,11,14H,1-2,5-6,9H2/t11-/m0/s1. The highest BCUT2D eigenvalue weighted by atomic mass is 16.5. The predicted molar refractivity (Wildman–Crippen MR) is 67.0 cm³/mol. The van der Waals surface area contributed by atoms with Crippen LogP contribution in [0.25, 0.3) is 11.4 Å². The van der Waals surface area contributed by atoms with Gasteiger partial charge in [-0.15, -0.1) is 0 Å². The summed E-state index contributed by atoms with van der Waals surface area (Å²) in [5.74, 6) is 1.82. The first-order valence-electron chi connectivity index (χ1n) is 6.38. The van der Waals surface area contributed by atoms with E-state index in [4.69, 9.17) is 4.52 Å². The molecule has 1 aliphatic heterocycles. The van der Waals surface area contributed by atoms with Crippen molar-refractivity contribution in [3.63, 3.8) is 0 Å². The summed E-state index contributed by atoms with van der Waals surface area (Å²) in [5, 5.41) is 7.45. The monoisotopic (exact) mass is 244 g/mol. The van der Waals surface area contributed by atoms with E-state index >= 15 is 0 Å². The molecule has 1 saturated heterocycles. The Hall–Kier alpha value is -1.75. The number of nitrogens with zero attached hydrogens (tertiary/aromatic N) is 3. The lowest BCUT2D eigenvalue weighted by molar-refractivity contribution is 0.343. The molecule has 0 unspecified atom stereocenters. The number of hydrogen-bond acceptors (Lipinski definition) is 5. The molecule has 2 aromatic heterocycles. The van der Waals surface area contributed by atoms with E-state index in [0.29, 0.717) is 11.7 Å². The Morgan fingerprint density at radius 1 is 1.17 bits per heavy atom. The molecule has 5 nitrogen and oxygen atoms in total. The van der Waals surface area contributed by atoms with Crippen LogP contribution in [-0.4, -0.2) is 28.2 Å². The van der Waals surface area contributed by atoms with Gasteiger partial charge in [0.25, 0.3) is 0 Å². The van der Waals surface area contributed by atoms with E-state index in [1.807, 2.05) is 12.1 Å². The van der Waals surface area contributed by atoms with Crippen LogP contribution >= 0.6 is 0 Å². The molecule has 94 valence electrons. The van der Waals surface area contributed by atoms with Crippen LogP contribution in [0, 0.1) is 0 Å². The molecular weight excluding hydrogens is 228 g/mol. The van der Waals surface area contributed by atoms with Crippen molar-refractivity contribution in [3.8, 4) is 11.4 Å². The fourth-order valence-corrected chi connectivity index (χ4v) is 2.29. The summed E-state index contributed by atoms with van der Waals surface area (Å²) in [7, 11) is 0. The third-order valence-electron chi connectivity index (χ3n) is 3.31. The molecule has 0 aromatic carbocycles. The van der Waals surface area contributed by atoms with Crippen LogP contribution in [0.2, 0.25) is 0 Å². The zero-order valence-corrected chi connectivity index (χ0v) is 10.2. The van der Waals surface area contributed by atoms with Gasteiger partial charge in [-0.05, 0) is 44.5 Å². The minimum Gasteiger partial charge on any atom is -0.339 e. The molecule has 1 atom stereocenters. The fraction of sp³-hybridized carbons (Fsp3) is 0.462. The first-order valence-corrected chi connectivity index (χ1v) is 6.38. The van der Waals surface area contributed by atoms with E-state index < -0.39 is 0 Å². The number of aromatic nitrogens is 3. The zero-order valence-electron chi connectivity index (χ0n) is 10.2. The molecule has 1 aliphatic rings. The third-order valence-corrected chi connectivity index (χ3v) is 3.31. The smallest absolute Gasteiger partial charge is 0.230 e. The quantitative estimate of drug-likeness (QED) is 0.875. The Morgan fingerprint density at radius 3 is 2.94 bits per heavy atom. The Morgan fingerprint density at radius 2 is 2.06 bits per heavy atom. The van der Waals surface area contributed by atoms with E-state index in [0.717, 1.165) is 43.8 Å². The zero-order chi connectivity index (χ0) is 12.2. The van der Waals surface area contributed by atoms with Crippen LogP contribution in [-0.2, 0) is 0 Å². The minimum absolute atomic E-state index is 0.392. The highest BCUT2D eigenvalue weighted by molar-refractivity contribution is 5.52. The summed E-state index contributed by atoms with van der Waals surface area (Å²) < 4.78 is 5.40. The predicted octanol–water partition coefficient (Wildman–Crippen LogP) is 1.99. The molecule has 0 spiro atoms. The SMILES string of the molecule is c1cc(-c2noc([C@H]3CCCNCC3)n2)ccn1. The highest BCUT2D eigenvalue weighted by Crippen LogP contribution is 2.26. The largest absolute Gasteiger partial charge is 0.339 e. The second kappa shape index (κ2) is 5.27. The van der Waals surface area contributed by atoms with Crippen LogP contribution in [0.5, 0.6) is 0 Å². The third kappa shape index (κ3) is 2.41. The first kappa shape index (κ1) is 11.3. The van der Waals surface area contributed by atoms with Gasteiger partial charge in [-0.3, -0.25) is 4.98 Å². The van der Waals surface area contributed by atoms with Gasteiger partial charge in [0, 0.05) is 23.9 Å². The minimum atomic E-state index is 0.392. The number of nitrogens with one attached hydrogen (secondary N) is 1. The van der Waals surface area contributed by atoms with Gasteiger partial charge >= 0.3 is 0 Å². The van der Waals surface area contributed by atoms with Gasteiger partial charge in [0.05, 0.1) is 0 Å². The molecule has 5 heteroatoms. The van der Waals surface area contributed by atoms with Crippen LogP contribution in [0.1, 0.15) is 31.1 Å². The lowest BCUT2D eigenvalue weighted by atomic mass is 10.0. The first-order chi connectivity index (χ1) is 8.93. The van der Waals surface area contributed by atoms with Gasteiger partial charge in [0.1, 0.15) is 0 Å². The van der Waals surface area contributed by atoms with Crippen molar-refractivity contribution in [2.45, 2.75) is 25.2 Å². The van der Waals surface area contributed by atoms with Crippen molar-refractivity contribution >= 4 is 0 Å². The normalized spacial score (nSPS) is 20.6. The molecule has 0 radical (unpaired) electrons. The lowest BCUT2D eigenvalue weighted by Crippen LogP contribution is -2.13. The van der Waals surface area contributed by atoms with Crippen molar-refractivity contribution in [2.75, 3.05) is 13.1 Å². The molecule has 3 rings (SSSR count). The van der Waals surface area contributed by atoms with Crippen LogP contribution in [0.4, 0.5) is 0 Å². The van der Waals surface area contributed by atoms with Gasteiger partial charge in [-0.2, -0.15) is 4.98 Å². The molecule has 0 aliphatic carbocycles. The molecule has 0 amide bonds. The summed E-state index contributed by atoms with van der Waals surface area (Å²) >= 11 is 0. The molecule has 1 N–H and O–H groups in total. The van der Waals surface area contributed by atoms with Crippen LogP contribution < -0.4 is 5.32 Å². The van der Waals surface area contributed by atoms with Gasteiger partial charge < -0.3 is 9.84 Å².